The van der Waals surface area contributed by atoms with Crippen molar-refractivity contribution in [1.29, 1.82) is 0 Å². The molecule has 1 aliphatic heterocycles. The quantitative estimate of drug-likeness (QED) is 0.575. The molecule has 2 N–H and O–H groups in total. The van der Waals surface area contributed by atoms with Crippen molar-refractivity contribution in [3.8, 4) is 0 Å². The molecule has 0 aromatic rings. The number of hydrogen-bond donors (Lipinski definition) is 2. The van der Waals surface area contributed by atoms with Crippen LogP contribution in [0.25, 0.3) is 0 Å². The third-order valence-electron chi connectivity index (χ3n) is 1.83. The van der Waals surface area contributed by atoms with E-state index in [0.29, 0.717) is 13.1 Å². The van der Waals surface area contributed by atoms with Crippen LogP contribution < -0.4 is 10.0 Å². The Morgan fingerprint density at radius 2 is 2.17 bits per heavy atom. The van der Waals surface area contributed by atoms with Gasteiger partial charge in [-0.15, -0.1) is 0 Å². The Morgan fingerprint density at radius 1 is 1.50 bits per heavy atom. The van der Waals surface area contributed by atoms with E-state index in [9.17, 15) is 8.42 Å². The fraction of sp³-hybridized carbons (Fsp3) is 1.00. The van der Waals surface area contributed by atoms with Crippen LogP contribution in [-0.4, -0.2) is 47.0 Å². The minimum absolute atomic E-state index is 0.0558. The van der Waals surface area contributed by atoms with E-state index in [1.165, 1.54) is 0 Å². The predicted octanol–water partition coefficient (Wildman–Crippen LogP) is -1.48. The van der Waals surface area contributed by atoms with Gasteiger partial charge in [0.15, 0.2) is 0 Å². The Bertz CT molecular complexity index is 239. The van der Waals surface area contributed by atoms with Crippen molar-refractivity contribution < 1.29 is 13.2 Å². The highest BCUT2D eigenvalue weighted by Gasteiger charge is 2.28. The maximum Gasteiger partial charge on any atom is 0.209 e. The largest absolute Gasteiger partial charge is 0.378 e. The normalized spacial score (nSPS) is 30.8. The van der Waals surface area contributed by atoms with Crippen molar-refractivity contribution in [3.63, 3.8) is 0 Å². The van der Waals surface area contributed by atoms with Gasteiger partial charge in [-0.2, -0.15) is 0 Å². The third-order valence-corrected chi connectivity index (χ3v) is 2.56. The van der Waals surface area contributed by atoms with Crippen LogP contribution >= 0.6 is 0 Å². The molecule has 1 rings (SSSR count). The Balaban J connectivity index is 2.52. The lowest BCUT2D eigenvalue weighted by Crippen LogP contribution is -2.42. The summed E-state index contributed by atoms with van der Waals surface area (Å²) in [5.41, 5.74) is 0. The molecular formula is C6H14N2O3S. The van der Waals surface area contributed by atoms with E-state index in [-0.39, 0.29) is 12.1 Å². The number of nitrogens with one attached hydrogen (secondary N) is 2. The fourth-order valence-electron chi connectivity index (χ4n) is 1.29. The van der Waals surface area contributed by atoms with Crippen molar-refractivity contribution in [2.75, 3.05) is 26.5 Å². The van der Waals surface area contributed by atoms with Crippen LogP contribution in [0.5, 0.6) is 0 Å². The zero-order chi connectivity index (χ0) is 9.19. The molecule has 0 aliphatic carbocycles. The summed E-state index contributed by atoms with van der Waals surface area (Å²) in [5.74, 6) is 0. The molecule has 0 saturated carbocycles. The first kappa shape index (κ1) is 9.91. The van der Waals surface area contributed by atoms with Gasteiger partial charge in [0, 0.05) is 20.2 Å². The molecule has 1 heterocycles. The van der Waals surface area contributed by atoms with Crippen LogP contribution in [-0.2, 0) is 14.8 Å². The van der Waals surface area contributed by atoms with Gasteiger partial charge >= 0.3 is 0 Å². The highest BCUT2D eigenvalue weighted by atomic mass is 32.2. The third kappa shape index (κ3) is 2.71. The minimum atomic E-state index is -3.12. The smallest absolute Gasteiger partial charge is 0.209 e. The highest BCUT2D eigenvalue weighted by molar-refractivity contribution is 7.88. The van der Waals surface area contributed by atoms with Gasteiger partial charge in [-0.05, 0) is 0 Å². The Morgan fingerprint density at radius 3 is 2.67 bits per heavy atom. The Kier molecular flexibility index (Phi) is 3.05. The molecule has 0 bridgehead atoms. The van der Waals surface area contributed by atoms with E-state index in [1.54, 1.807) is 7.11 Å². The second-order valence-electron chi connectivity index (χ2n) is 2.93. The molecule has 0 aromatic carbocycles. The lowest BCUT2D eigenvalue weighted by Gasteiger charge is -2.16. The first-order chi connectivity index (χ1) is 5.53. The van der Waals surface area contributed by atoms with E-state index in [0.717, 1.165) is 6.26 Å². The number of sulfonamides is 1. The Hall–Kier alpha value is -0.170. The number of hydrogen-bond acceptors (Lipinski definition) is 4. The van der Waals surface area contributed by atoms with E-state index in [1.807, 2.05) is 0 Å². The fourth-order valence-corrected chi connectivity index (χ4v) is 2.08. The molecule has 5 nitrogen and oxygen atoms in total. The summed E-state index contributed by atoms with van der Waals surface area (Å²) in [4.78, 5) is 0. The van der Waals surface area contributed by atoms with Gasteiger partial charge in [0.1, 0.15) is 0 Å². The average molecular weight is 194 g/mol. The lowest BCUT2D eigenvalue weighted by molar-refractivity contribution is 0.103. The van der Waals surface area contributed by atoms with Gasteiger partial charge in [0.2, 0.25) is 10.0 Å². The topological polar surface area (TPSA) is 67.4 Å². The van der Waals surface area contributed by atoms with Crippen LogP contribution in [0.1, 0.15) is 0 Å². The molecule has 0 amide bonds. The van der Waals surface area contributed by atoms with Crippen LogP contribution in [0.3, 0.4) is 0 Å². The number of methoxy groups -OCH3 is 1. The molecule has 12 heavy (non-hydrogen) atoms. The van der Waals surface area contributed by atoms with Crippen molar-refractivity contribution in [3.05, 3.63) is 0 Å². The molecule has 6 heteroatoms. The van der Waals surface area contributed by atoms with Crippen molar-refractivity contribution >= 4 is 10.0 Å². The summed E-state index contributed by atoms with van der Waals surface area (Å²) in [5, 5.41) is 3.04. The van der Waals surface area contributed by atoms with Crippen LogP contribution in [0.4, 0.5) is 0 Å². The van der Waals surface area contributed by atoms with Crippen LogP contribution in [0.2, 0.25) is 0 Å². The molecule has 1 saturated heterocycles. The molecule has 72 valence electrons. The second kappa shape index (κ2) is 3.69. The first-order valence-corrected chi connectivity index (χ1v) is 5.63. The highest BCUT2D eigenvalue weighted by Crippen LogP contribution is 2.04. The summed E-state index contributed by atoms with van der Waals surface area (Å²) in [6, 6.07) is -0.134. The van der Waals surface area contributed by atoms with Crippen LogP contribution in [0.15, 0.2) is 0 Å². The van der Waals surface area contributed by atoms with Gasteiger partial charge < -0.3 is 10.1 Å². The van der Waals surface area contributed by atoms with Crippen LogP contribution in [0, 0.1) is 0 Å². The van der Waals surface area contributed by atoms with E-state index in [4.69, 9.17) is 4.74 Å². The summed E-state index contributed by atoms with van der Waals surface area (Å²) in [6.45, 7) is 1.33. The molecule has 2 atom stereocenters. The minimum Gasteiger partial charge on any atom is -0.378 e. The van der Waals surface area contributed by atoms with E-state index >= 15 is 0 Å². The first-order valence-electron chi connectivity index (χ1n) is 3.74. The number of rotatable bonds is 3. The van der Waals surface area contributed by atoms with E-state index in [2.05, 4.69) is 10.0 Å². The van der Waals surface area contributed by atoms with Crippen molar-refractivity contribution in [2.24, 2.45) is 0 Å². The summed E-state index contributed by atoms with van der Waals surface area (Å²) in [6.07, 6.45) is 1.10. The molecular weight excluding hydrogens is 180 g/mol. The van der Waals surface area contributed by atoms with E-state index < -0.39 is 10.0 Å². The molecule has 1 aliphatic rings. The summed E-state index contributed by atoms with van der Waals surface area (Å²) in [7, 11) is -1.54. The maximum atomic E-state index is 10.9. The van der Waals surface area contributed by atoms with Crippen molar-refractivity contribution in [2.45, 2.75) is 12.1 Å². The lowest BCUT2D eigenvalue weighted by atomic mass is 10.2. The summed E-state index contributed by atoms with van der Waals surface area (Å²) >= 11 is 0. The zero-order valence-electron chi connectivity index (χ0n) is 7.20. The average Bonchev–Trinajstić information content (AvgIpc) is 2.31. The number of ether oxygens (including phenoxy) is 1. The maximum absolute atomic E-state index is 10.9. The molecule has 1 unspecified atom stereocenters. The second-order valence-corrected chi connectivity index (χ2v) is 4.71. The Labute approximate surface area is 72.5 Å². The van der Waals surface area contributed by atoms with Crippen molar-refractivity contribution in [1.82, 2.24) is 10.0 Å². The summed E-state index contributed by atoms with van der Waals surface area (Å²) < 4.78 is 29.3. The predicted molar refractivity (Wildman–Crippen MR) is 45.4 cm³/mol. The van der Waals surface area contributed by atoms with Gasteiger partial charge in [-0.1, -0.05) is 0 Å². The molecule has 0 radical (unpaired) electrons. The monoisotopic (exact) mass is 194 g/mol. The molecule has 0 spiro atoms. The van der Waals surface area contributed by atoms with Gasteiger partial charge in [0.25, 0.3) is 0 Å². The van der Waals surface area contributed by atoms with Gasteiger partial charge in [-0.25, -0.2) is 13.1 Å². The molecule has 0 aromatic heterocycles. The molecule has 1 fully saturated rings. The SMILES string of the molecule is CO[C@H]1CNCC1NS(C)(=O)=O. The standard InChI is InChI=1S/C6H14N2O3S/c1-11-6-4-7-3-5(6)8-12(2,9)10/h5-8H,3-4H2,1-2H3/t5?,6-/m0/s1. The van der Waals surface area contributed by atoms with Gasteiger partial charge in [0.05, 0.1) is 18.4 Å². The van der Waals surface area contributed by atoms with Gasteiger partial charge in [-0.3, -0.25) is 0 Å². The zero-order valence-corrected chi connectivity index (χ0v) is 8.02.